The van der Waals surface area contributed by atoms with Crippen molar-refractivity contribution in [1.29, 1.82) is 0 Å². The maximum absolute atomic E-state index is 12.3. The van der Waals surface area contributed by atoms with Crippen LogP contribution in [0.15, 0.2) is 42.5 Å². The van der Waals surface area contributed by atoms with E-state index in [0.29, 0.717) is 11.1 Å². The number of hydrogen-bond acceptors (Lipinski definition) is 7. The minimum atomic E-state index is -1.69. The first kappa shape index (κ1) is 18.3. The zero-order valence-electron chi connectivity index (χ0n) is 13.7. The summed E-state index contributed by atoms with van der Waals surface area (Å²) < 4.78 is 9.30. The SMILES string of the molecule is COC(=O)C(O)c1cc(C(C(=O)OC)c2ccc(O)cc2)ccc1O. The van der Waals surface area contributed by atoms with Crippen LogP contribution in [0.1, 0.15) is 28.7 Å². The van der Waals surface area contributed by atoms with E-state index in [2.05, 4.69) is 4.74 Å². The molecule has 0 saturated carbocycles. The van der Waals surface area contributed by atoms with Crippen LogP contribution in [-0.2, 0) is 19.1 Å². The summed E-state index contributed by atoms with van der Waals surface area (Å²) in [4.78, 5) is 23.8. The summed E-state index contributed by atoms with van der Waals surface area (Å²) >= 11 is 0. The molecule has 7 nitrogen and oxygen atoms in total. The molecule has 0 saturated heterocycles. The van der Waals surface area contributed by atoms with Gasteiger partial charge in [-0.2, -0.15) is 0 Å². The van der Waals surface area contributed by atoms with Gasteiger partial charge in [0, 0.05) is 5.56 Å². The van der Waals surface area contributed by atoms with Gasteiger partial charge in [0.05, 0.1) is 14.2 Å². The predicted molar refractivity (Wildman–Crippen MR) is 87.0 cm³/mol. The van der Waals surface area contributed by atoms with Gasteiger partial charge in [-0.1, -0.05) is 18.2 Å². The van der Waals surface area contributed by atoms with E-state index in [0.717, 1.165) is 7.11 Å². The maximum atomic E-state index is 12.3. The van der Waals surface area contributed by atoms with Gasteiger partial charge in [-0.3, -0.25) is 4.79 Å². The summed E-state index contributed by atoms with van der Waals surface area (Å²) in [6.45, 7) is 0. The van der Waals surface area contributed by atoms with E-state index in [4.69, 9.17) is 4.74 Å². The molecule has 2 aromatic rings. The summed E-state index contributed by atoms with van der Waals surface area (Å²) in [5, 5.41) is 29.3. The van der Waals surface area contributed by atoms with Crippen molar-refractivity contribution in [2.75, 3.05) is 14.2 Å². The number of phenols is 2. The molecular formula is C18H18O7. The quantitative estimate of drug-likeness (QED) is 0.705. The molecule has 2 aromatic carbocycles. The van der Waals surface area contributed by atoms with Crippen LogP contribution in [0.4, 0.5) is 0 Å². The molecule has 0 heterocycles. The third-order valence-corrected chi connectivity index (χ3v) is 3.77. The van der Waals surface area contributed by atoms with Crippen molar-refractivity contribution >= 4 is 11.9 Å². The van der Waals surface area contributed by atoms with Gasteiger partial charge in [0.25, 0.3) is 0 Å². The number of aliphatic hydroxyl groups is 1. The third kappa shape index (κ3) is 3.89. The third-order valence-electron chi connectivity index (χ3n) is 3.77. The number of esters is 2. The molecule has 2 unspecified atom stereocenters. The number of ether oxygens (including phenoxy) is 2. The van der Waals surface area contributed by atoms with E-state index < -0.39 is 24.0 Å². The lowest BCUT2D eigenvalue weighted by molar-refractivity contribution is -0.150. The van der Waals surface area contributed by atoms with Crippen LogP contribution >= 0.6 is 0 Å². The largest absolute Gasteiger partial charge is 0.508 e. The first-order valence-electron chi connectivity index (χ1n) is 7.34. The number of rotatable bonds is 5. The van der Waals surface area contributed by atoms with Crippen molar-refractivity contribution in [3.8, 4) is 11.5 Å². The normalized spacial score (nSPS) is 12.9. The number of methoxy groups -OCH3 is 2. The van der Waals surface area contributed by atoms with Crippen LogP contribution in [0.5, 0.6) is 11.5 Å². The van der Waals surface area contributed by atoms with Gasteiger partial charge >= 0.3 is 11.9 Å². The molecule has 0 bridgehead atoms. The molecule has 0 fully saturated rings. The Balaban J connectivity index is 2.53. The Bertz CT molecular complexity index is 767. The van der Waals surface area contributed by atoms with Crippen LogP contribution in [0, 0.1) is 0 Å². The number of benzene rings is 2. The van der Waals surface area contributed by atoms with Gasteiger partial charge in [0.1, 0.15) is 17.4 Å². The van der Waals surface area contributed by atoms with Crippen molar-refractivity contribution in [1.82, 2.24) is 0 Å². The highest BCUT2D eigenvalue weighted by Crippen LogP contribution is 2.33. The second-order valence-corrected chi connectivity index (χ2v) is 5.29. The van der Waals surface area contributed by atoms with Crippen LogP contribution < -0.4 is 0 Å². The summed E-state index contributed by atoms with van der Waals surface area (Å²) in [6.07, 6.45) is -1.69. The number of carbonyl (C=O) groups excluding carboxylic acids is 2. The first-order chi connectivity index (χ1) is 11.9. The number of aromatic hydroxyl groups is 2. The van der Waals surface area contributed by atoms with E-state index in [1.165, 1.54) is 37.4 Å². The first-order valence-corrected chi connectivity index (χ1v) is 7.34. The van der Waals surface area contributed by atoms with Crippen LogP contribution in [0.2, 0.25) is 0 Å². The Labute approximate surface area is 144 Å². The smallest absolute Gasteiger partial charge is 0.339 e. The molecule has 0 aromatic heterocycles. The van der Waals surface area contributed by atoms with Gasteiger partial charge in [-0.05, 0) is 35.4 Å². The summed E-state index contributed by atoms with van der Waals surface area (Å²) in [5.41, 5.74) is 0.846. The van der Waals surface area contributed by atoms with Crippen molar-refractivity contribution in [2.45, 2.75) is 12.0 Å². The fourth-order valence-corrected chi connectivity index (χ4v) is 2.46. The van der Waals surface area contributed by atoms with E-state index in [-0.39, 0.29) is 17.1 Å². The Morgan fingerprint density at radius 3 is 2.00 bits per heavy atom. The fraction of sp³-hybridized carbons (Fsp3) is 0.222. The molecule has 0 aliphatic carbocycles. The molecule has 0 amide bonds. The maximum Gasteiger partial charge on any atom is 0.339 e. The Hall–Kier alpha value is -3.06. The summed E-state index contributed by atoms with van der Waals surface area (Å²) in [7, 11) is 2.35. The highest BCUT2D eigenvalue weighted by Gasteiger charge is 2.27. The van der Waals surface area contributed by atoms with Crippen molar-refractivity contribution < 1.29 is 34.4 Å². The zero-order valence-corrected chi connectivity index (χ0v) is 13.7. The second kappa shape index (κ2) is 7.67. The number of hydrogen-bond donors (Lipinski definition) is 3. The molecular weight excluding hydrogens is 328 g/mol. The van der Waals surface area contributed by atoms with E-state index in [1.54, 1.807) is 12.1 Å². The average Bonchev–Trinajstić information content (AvgIpc) is 2.63. The Kier molecular flexibility index (Phi) is 5.61. The standard InChI is InChI=1S/C18H18O7/c1-24-17(22)15(10-3-6-12(19)7-4-10)11-5-8-14(20)13(9-11)16(21)18(23)25-2/h3-9,15-16,19-21H,1-2H3. The van der Waals surface area contributed by atoms with Crippen LogP contribution in [0.3, 0.4) is 0 Å². The molecule has 2 rings (SSSR count). The van der Waals surface area contributed by atoms with E-state index in [1.807, 2.05) is 0 Å². The molecule has 25 heavy (non-hydrogen) atoms. The minimum absolute atomic E-state index is 0.0416. The van der Waals surface area contributed by atoms with E-state index >= 15 is 0 Å². The minimum Gasteiger partial charge on any atom is -0.508 e. The molecule has 2 atom stereocenters. The van der Waals surface area contributed by atoms with Gasteiger partial charge < -0.3 is 24.8 Å². The van der Waals surface area contributed by atoms with Gasteiger partial charge in [0.15, 0.2) is 6.10 Å². The average molecular weight is 346 g/mol. The molecule has 0 aliphatic rings. The molecule has 132 valence electrons. The van der Waals surface area contributed by atoms with Crippen LogP contribution in [-0.4, -0.2) is 41.5 Å². The monoisotopic (exact) mass is 346 g/mol. The number of carbonyl (C=O) groups is 2. The van der Waals surface area contributed by atoms with Crippen molar-refractivity contribution in [3.63, 3.8) is 0 Å². The lowest BCUT2D eigenvalue weighted by Crippen LogP contribution is -2.17. The Morgan fingerprint density at radius 1 is 0.880 bits per heavy atom. The zero-order chi connectivity index (χ0) is 18.6. The molecule has 0 spiro atoms. The van der Waals surface area contributed by atoms with Crippen LogP contribution in [0.25, 0.3) is 0 Å². The predicted octanol–water partition coefficient (Wildman–Crippen LogP) is 1.61. The molecule has 3 N–H and O–H groups in total. The topological polar surface area (TPSA) is 113 Å². The number of phenolic OH excluding ortho intramolecular Hbond substituents is 2. The highest BCUT2D eigenvalue weighted by atomic mass is 16.5. The lowest BCUT2D eigenvalue weighted by atomic mass is 9.89. The van der Waals surface area contributed by atoms with Crippen molar-refractivity contribution in [3.05, 3.63) is 59.2 Å². The fourth-order valence-electron chi connectivity index (χ4n) is 2.46. The summed E-state index contributed by atoms with van der Waals surface area (Å²) in [5.74, 6) is -2.65. The molecule has 0 aliphatic heterocycles. The summed E-state index contributed by atoms with van der Waals surface area (Å²) in [6, 6.07) is 10.1. The number of aliphatic hydroxyl groups excluding tert-OH is 1. The molecule has 7 heteroatoms. The molecule has 0 radical (unpaired) electrons. The Morgan fingerprint density at radius 2 is 1.44 bits per heavy atom. The highest BCUT2D eigenvalue weighted by molar-refractivity contribution is 5.83. The van der Waals surface area contributed by atoms with E-state index in [9.17, 15) is 24.9 Å². The second-order valence-electron chi connectivity index (χ2n) is 5.29. The van der Waals surface area contributed by atoms with Gasteiger partial charge in [-0.25, -0.2) is 4.79 Å². The van der Waals surface area contributed by atoms with Gasteiger partial charge in [0.2, 0.25) is 0 Å². The lowest BCUT2D eigenvalue weighted by Gasteiger charge is -2.18. The van der Waals surface area contributed by atoms with Gasteiger partial charge in [-0.15, -0.1) is 0 Å². The van der Waals surface area contributed by atoms with Crippen molar-refractivity contribution in [2.24, 2.45) is 0 Å².